The number of hydrogen-bond donors (Lipinski definition) is 0. The molecule has 0 spiro atoms. The second kappa shape index (κ2) is 3.04. The minimum absolute atomic E-state index is 1.06. The SMILES string of the molecule is c1cncnc1.c1nc2cc-2n1. The molecule has 1 aromatic heterocycles. The molecular weight excluding hydrogens is 152 g/mol. The van der Waals surface area contributed by atoms with Crippen LogP contribution in [0.5, 0.6) is 0 Å². The van der Waals surface area contributed by atoms with Crippen molar-refractivity contribution >= 4 is 0 Å². The van der Waals surface area contributed by atoms with Crippen LogP contribution in [0.1, 0.15) is 0 Å². The van der Waals surface area contributed by atoms with Crippen LogP contribution in [-0.4, -0.2) is 19.9 Å². The maximum Gasteiger partial charge on any atom is 0.116 e. The van der Waals surface area contributed by atoms with E-state index in [0.29, 0.717) is 0 Å². The molecule has 1 aliphatic carbocycles. The minimum atomic E-state index is 1.06. The van der Waals surface area contributed by atoms with E-state index >= 15 is 0 Å². The lowest BCUT2D eigenvalue weighted by atomic mass is 10.7. The molecule has 0 atom stereocenters. The molecule has 0 radical (unpaired) electrons. The van der Waals surface area contributed by atoms with Crippen LogP contribution in [0.15, 0.2) is 37.2 Å². The summed E-state index contributed by atoms with van der Waals surface area (Å²) in [6.07, 6.45) is 6.45. The molecule has 0 aromatic carbocycles. The van der Waals surface area contributed by atoms with Gasteiger partial charge in [0.05, 0.1) is 11.4 Å². The van der Waals surface area contributed by atoms with Gasteiger partial charge in [0, 0.05) is 12.4 Å². The summed E-state index contributed by atoms with van der Waals surface area (Å²) in [6, 6.07) is 3.72. The van der Waals surface area contributed by atoms with Gasteiger partial charge in [-0.15, -0.1) is 0 Å². The van der Waals surface area contributed by atoms with E-state index in [0.717, 1.165) is 11.4 Å². The lowest BCUT2D eigenvalue weighted by Gasteiger charge is -1.70. The summed E-state index contributed by atoms with van der Waals surface area (Å²) in [7, 11) is 0. The van der Waals surface area contributed by atoms with Gasteiger partial charge in [-0.2, -0.15) is 0 Å². The standard InChI is InChI=1S/C4H2N2.C4H4N2/c1-3-4(1)6-2-5-3;1-2-5-4-6-3-1/h1-2H;1-4H. The summed E-state index contributed by atoms with van der Waals surface area (Å²) in [5.41, 5.74) is 2.13. The van der Waals surface area contributed by atoms with E-state index in [1.165, 1.54) is 6.33 Å². The Labute approximate surface area is 69.4 Å². The van der Waals surface area contributed by atoms with E-state index in [-0.39, 0.29) is 0 Å². The zero-order chi connectivity index (χ0) is 8.23. The number of fused-ring (bicyclic) bond motifs is 1. The Bertz CT molecular complexity index is 316. The van der Waals surface area contributed by atoms with Gasteiger partial charge in [-0.05, 0) is 12.1 Å². The van der Waals surface area contributed by atoms with Gasteiger partial charge in [-0.25, -0.2) is 19.9 Å². The third kappa shape index (κ3) is 1.60. The van der Waals surface area contributed by atoms with Gasteiger partial charge < -0.3 is 0 Å². The first kappa shape index (κ1) is 6.84. The largest absolute Gasteiger partial charge is 0.245 e. The average Bonchev–Trinajstić information content (AvgIpc) is 2.78. The van der Waals surface area contributed by atoms with Crippen LogP contribution in [0.25, 0.3) is 11.4 Å². The third-order valence-corrected chi connectivity index (χ3v) is 1.32. The number of imidazole rings is 1. The topological polar surface area (TPSA) is 51.6 Å². The van der Waals surface area contributed by atoms with Crippen molar-refractivity contribution < 1.29 is 0 Å². The van der Waals surface area contributed by atoms with Gasteiger partial charge in [0.1, 0.15) is 12.7 Å². The molecule has 0 bridgehead atoms. The van der Waals surface area contributed by atoms with E-state index in [9.17, 15) is 0 Å². The Morgan fingerprint density at radius 2 is 1.50 bits per heavy atom. The molecule has 2 aliphatic rings. The highest BCUT2D eigenvalue weighted by atomic mass is 14.9. The van der Waals surface area contributed by atoms with Crippen molar-refractivity contribution in [3.8, 4) is 11.4 Å². The number of nitrogens with zero attached hydrogens (tertiary/aromatic N) is 4. The first-order chi connectivity index (χ1) is 5.97. The van der Waals surface area contributed by atoms with E-state index in [2.05, 4.69) is 19.9 Å². The first-order valence-electron chi connectivity index (χ1n) is 3.49. The molecular formula is C8H6N4. The maximum absolute atomic E-state index is 3.84. The monoisotopic (exact) mass is 158 g/mol. The molecule has 0 saturated carbocycles. The van der Waals surface area contributed by atoms with Crippen LogP contribution < -0.4 is 0 Å². The normalized spacial score (nSPS) is 9.67. The van der Waals surface area contributed by atoms with Crippen molar-refractivity contribution in [2.75, 3.05) is 0 Å². The van der Waals surface area contributed by atoms with Crippen LogP contribution in [0.3, 0.4) is 0 Å². The zero-order valence-corrected chi connectivity index (χ0v) is 6.25. The highest BCUT2D eigenvalue weighted by molar-refractivity contribution is 5.70. The fourth-order valence-electron chi connectivity index (χ4n) is 0.707. The molecule has 1 aliphatic heterocycles. The zero-order valence-electron chi connectivity index (χ0n) is 6.25. The summed E-state index contributed by atoms with van der Waals surface area (Å²) in [5, 5.41) is 0. The molecule has 0 saturated heterocycles. The van der Waals surface area contributed by atoms with Crippen molar-refractivity contribution in [1.82, 2.24) is 19.9 Å². The van der Waals surface area contributed by atoms with Gasteiger partial charge in [0.15, 0.2) is 0 Å². The van der Waals surface area contributed by atoms with Gasteiger partial charge in [0.2, 0.25) is 0 Å². The Morgan fingerprint density at radius 1 is 0.833 bits per heavy atom. The Hall–Kier alpha value is -1.84. The molecule has 0 unspecified atom stereocenters. The van der Waals surface area contributed by atoms with Crippen LogP contribution in [-0.2, 0) is 0 Å². The van der Waals surface area contributed by atoms with Crippen molar-refractivity contribution in [2.45, 2.75) is 0 Å². The molecule has 58 valence electrons. The second-order valence-electron chi connectivity index (χ2n) is 2.19. The van der Waals surface area contributed by atoms with E-state index in [1.54, 1.807) is 24.8 Å². The molecule has 4 nitrogen and oxygen atoms in total. The van der Waals surface area contributed by atoms with Crippen LogP contribution in [0.4, 0.5) is 0 Å². The fourth-order valence-corrected chi connectivity index (χ4v) is 0.707. The lowest BCUT2D eigenvalue weighted by molar-refractivity contribution is 1.17. The second-order valence-corrected chi connectivity index (χ2v) is 2.19. The smallest absolute Gasteiger partial charge is 0.116 e. The Balaban J connectivity index is 0.0000000939. The quantitative estimate of drug-likeness (QED) is 0.488. The number of hydrogen-bond acceptors (Lipinski definition) is 4. The summed E-state index contributed by atoms with van der Waals surface area (Å²) < 4.78 is 0. The van der Waals surface area contributed by atoms with Crippen LogP contribution >= 0.6 is 0 Å². The number of aromatic nitrogens is 4. The molecule has 0 fully saturated rings. The minimum Gasteiger partial charge on any atom is -0.245 e. The molecule has 2 heterocycles. The van der Waals surface area contributed by atoms with Crippen molar-refractivity contribution in [1.29, 1.82) is 0 Å². The van der Waals surface area contributed by atoms with Crippen molar-refractivity contribution in [2.24, 2.45) is 0 Å². The predicted molar refractivity (Wildman–Crippen MR) is 43.1 cm³/mol. The van der Waals surface area contributed by atoms with Crippen molar-refractivity contribution in [3.63, 3.8) is 0 Å². The summed E-state index contributed by atoms with van der Waals surface area (Å²) in [6.45, 7) is 0. The highest BCUT2D eigenvalue weighted by Crippen LogP contribution is 2.25. The van der Waals surface area contributed by atoms with E-state index < -0.39 is 0 Å². The molecule has 0 amide bonds. The van der Waals surface area contributed by atoms with E-state index in [4.69, 9.17) is 0 Å². The molecule has 0 N–H and O–H groups in total. The summed E-state index contributed by atoms with van der Waals surface area (Å²) >= 11 is 0. The van der Waals surface area contributed by atoms with Gasteiger partial charge in [-0.1, -0.05) is 0 Å². The van der Waals surface area contributed by atoms with E-state index in [1.807, 2.05) is 6.07 Å². The fraction of sp³-hybridized carbons (Fsp3) is 0. The third-order valence-electron chi connectivity index (χ3n) is 1.32. The molecule has 4 heteroatoms. The van der Waals surface area contributed by atoms with Crippen molar-refractivity contribution in [3.05, 3.63) is 37.2 Å². The number of rotatable bonds is 0. The summed E-state index contributed by atoms with van der Waals surface area (Å²) in [5.74, 6) is 0. The Morgan fingerprint density at radius 3 is 1.67 bits per heavy atom. The van der Waals surface area contributed by atoms with Crippen LogP contribution in [0.2, 0.25) is 0 Å². The molecule has 1 aromatic rings. The molecule has 12 heavy (non-hydrogen) atoms. The van der Waals surface area contributed by atoms with Gasteiger partial charge in [0.25, 0.3) is 0 Å². The predicted octanol–water partition coefficient (Wildman–Crippen LogP) is 0.934. The highest BCUT2D eigenvalue weighted by Gasteiger charge is 2.12. The maximum atomic E-state index is 3.84. The first-order valence-corrected chi connectivity index (χ1v) is 3.49. The lowest BCUT2D eigenvalue weighted by Crippen LogP contribution is -1.66. The van der Waals surface area contributed by atoms with Gasteiger partial charge in [-0.3, -0.25) is 0 Å². The van der Waals surface area contributed by atoms with Gasteiger partial charge >= 0.3 is 0 Å². The average molecular weight is 158 g/mol. The summed E-state index contributed by atoms with van der Waals surface area (Å²) in [4.78, 5) is 15.0. The molecule has 3 rings (SSSR count). The van der Waals surface area contributed by atoms with Crippen LogP contribution in [0, 0.1) is 0 Å². The Kier molecular flexibility index (Phi) is 1.74.